The first-order valence-corrected chi connectivity index (χ1v) is 10.5. The van der Waals surface area contributed by atoms with Crippen LogP contribution in [0.3, 0.4) is 0 Å². The number of nitrogens with zero attached hydrogens (tertiary/aromatic N) is 4. The molecule has 2 aromatic heterocycles. The van der Waals surface area contributed by atoms with Crippen LogP contribution in [0.2, 0.25) is 0 Å². The first kappa shape index (κ1) is 20.6. The van der Waals surface area contributed by atoms with Crippen molar-refractivity contribution in [1.82, 2.24) is 24.4 Å². The normalized spacial score (nSPS) is 15.7. The molecular formula is C22H29N5O3. The van der Waals surface area contributed by atoms with E-state index in [0.29, 0.717) is 24.3 Å². The highest BCUT2D eigenvalue weighted by atomic mass is 16.5. The summed E-state index contributed by atoms with van der Waals surface area (Å²) in [5, 5.41) is 0. The second-order valence-electron chi connectivity index (χ2n) is 7.89. The van der Waals surface area contributed by atoms with Crippen LogP contribution in [0.5, 0.6) is 6.01 Å². The molecule has 0 amide bonds. The van der Waals surface area contributed by atoms with Crippen LogP contribution in [-0.4, -0.2) is 57.3 Å². The van der Waals surface area contributed by atoms with Gasteiger partial charge in [-0.1, -0.05) is 24.3 Å². The van der Waals surface area contributed by atoms with Crippen LogP contribution in [0.1, 0.15) is 37.3 Å². The van der Waals surface area contributed by atoms with Gasteiger partial charge >= 0.3 is 11.7 Å². The average molecular weight is 412 g/mol. The summed E-state index contributed by atoms with van der Waals surface area (Å²) in [4.78, 5) is 26.4. The minimum absolute atomic E-state index is 0.104. The zero-order valence-corrected chi connectivity index (χ0v) is 17.6. The van der Waals surface area contributed by atoms with E-state index in [1.807, 2.05) is 6.92 Å². The molecule has 1 saturated heterocycles. The van der Waals surface area contributed by atoms with E-state index in [9.17, 15) is 4.79 Å². The second kappa shape index (κ2) is 9.40. The van der Waals surface area contributed by atoms with Gasteiger partial charge in [-0.3, -0.25) is 9.47 Å². The maximum absolute atomic E-state index is 12.5. The lowest BCUT2D eigenvalue weighted by molar-refractivity contribution is 0.0940. The van der Waals surface area contributed by atoms with Gasteiger partial charge in [0, 0.05) is 20.1 Å². The number of methoxy groups -OCH3 is 1. The van der Waals surface area contributed by atoms with Crippen LogP contribution in [0.25, 0.3) is 11.2 Å². The molecule has 1 fully saturated rings. The Morgan fingerprint density at radius 2 is 1.83 bits per heavy atom. The smallest absolute Gasteiger partial charge is 0.328 e. The molecule has 1 N–H and O–H groups in total. The van der Waals surface area contributed by atoms with Crippen LogP contribution < -0.4 is 10.4 Å². The van der Waals surface area contributed by atoms with Crippen molar-refractivity contribution in [1.29, 1.82) is 0 Å². The molecule has 1 aliphatic rings. The Balaban J connectivity index is 1.46. The van der Waals surface area contributed by atoms with E-state index in [4.69, 9.17) is 9.47 Å². The van der Waals surface area contributed by atoms with Gasteiger partial charge in [0.2, 0.25) is 0 Å². The zero-order chi connectivity index (χ0) is 20.9. The van der Waals surface area contributed by atoms with E-state index in [2.05, 4.69) is 44.1 Å². The number of nitrogens with one attached hydrogen (secondary N) is 1. The van der Waals surface area contributed by atoms with E-state index in [-0.39, 0.29) is 17.8 Å². The molecule has 8 nitrogen and oxygen atoms in total. The first-order valence-electron chi connectivity index (χ1n) is 10.5. The molecular weight excluding hydrogens is 382 g/mol. The molecule has 30 heavy (non-hydrogen) atoms. The van der Waals surface area contributed by atoms with Crippen molar-refractivity contribution in [2.75, 3.05) is 26.8 Å². The van der Waals surface area contributed by atoms with E-state index in [0.717, 1.165) is 18.5 Å². The fourth-order valence-electron chi connectivity index (χ4n) is 3.71. The summed E-state index contributed by atoms with van der Waals surface area (Å²) in [6.45, 7) is 6.23. The lowest BCUT2D eigenvalue weighted by Gasteiger charge is -2.14. The molecule has 1 unspecified atom stereocenters. The van der Waals surface area contributed by atoms with Gasteiger partial charge in [0.05, 0.1) is 25.5 Å². The monoisotopic (exact) mass is 411 g/mol. The van der Waals surface area contributed by atoms with Crippen LogP contribution in [0.4, 0.5) is 0 Å². The number of hydrogen-bond acceptors (Lipinski definition) is 6. The van der Waals surface area contributed by atoms with Gasteiger partial charge < -0.3 is 14.5 Å². The zero-order valence-electron chi connectivity index (χ0n) is 17.6. The molecule has 0 spiro atoms. The standard InChI is InChI=1S/C22H29N5O3/c1-16(29-2)9-12-30-21-23-13-19-20(25-21)27(22(28)24-19)15-18-7-5-17(6-8-18)14-26-10-3-4-11-26/h5-8,13,16H,3-4,9-12,14-15H2,1-2H3,(H,24,28). The first-order chi connectivity index (χ1) is 14.6. The van der Waals surface area contributed by atoms with Gasteiger partial charge in [-0.25, -0.2) is 9.78 Å². The summed E-state index contributed by atoms with van der Waals surface area (Å²) >= 11 is 0. The Morgan fingerprint density at radius 3 is 2.53 bits per heavy atom. The summed E-state index contributed by atoms with van der Waals surface area (Å²) in [7, 11) is 1.67. The number of aromatic amines is 1. The van der Waals surface area contributed by atoms with Gasteiger partial charge in [-0.05, 0) is 44.0 Å². The number of rotatable bonds is 9. The van der Waals surface area contributed by atoms with E-state index >= 15 is 0 Å². The van der Waals surface area contributed by atoms with Crippen LogP contribution in [0.15, 0.2) is 35.3 Å². The van der Waals surface area contributed by atoms with Crippen molar-refractivity contribution in [2.24, 2.45) is 0 Å². The topological polar surface area (TPSA) is 85.3 Å². The third kappa shape index (κ3) is 4.88. The van der Waals surface area contributed by atoms with E-state index in [1.165, 1.54) is 31.5 Å². The molecule has 0 bridgehead atoms. The summed E-state index contributed by atoms with van der Waals surface area (Å²) in [5.74, 6) is 0. The third-order valence-corrected chi connectivity index (χ3v) is 5.62. The number of fused-ring (bicyclic) bond motifs is 1. The molecule has 1 aromatic carbocycles. The Bertz CT molecular complexity index is 1020. The van der Waals surface area contributed by atoms with Crippen molar-refractivity contribution in [3.05, 3.63) is 52.1 Å². The Labute approximate surface area is 175 Å². The lowest BCUT2D eigenvalue weighted by atomic mass is 10.1. The predicted octanol–water partition coefficient (Wildman–Crippen LogP) is 2.57. The number of ether oxygens (including phenoxy) is 2. The number of H-pyrrole nitrogens is 1. The Morgan fingerprint density at radius 1 is 1.13 bits per heavy atom. The van der Waals surface area contributed by atoms with Gasteiger partial charge in [0.15, 0.2) is 5.65 Å². The molecule has 3 heterocycles. The van der Waals surface area contributed by atoms with Gasteiger partial charge in [-0.15, -0.1) is 0 Å². The van der Waals surface area contributed by atoms with Gasteiger partial charge in [-0.2, -0.15) is 4.98 Å². The quantitative estimate of drug-likeness (QED) is 0.583. The maximum atomic E-state index is 12.5. The van der Waals surface area contributed by atoms with Crippen molar-refractivity contribution in [3.8, 4) is 6.01 Å². The number of aromatic nitrogens is 4. The summed E-state index contributed by atoms with van der Waals surface area (Å²) < 4.78 is 12.5. The number of likely N-dealkylation sites (tertiary alicyclic amines) is 1. The molecule has 0 saturated carbocycles. The van der Waals surface area contributed by atoms with Crippen LogP contribution in [-0.2, 0) is 17.8 Å². The summed E-state index contributed by atoms with van der Waals surface area (Å²) in [5.41, 5.74) is 3.30. The largest absolute Gasteiger partial charge is 0.463 e. The minimum atomic E-state index is -0.203. The molecule has 4 rings (SSSR count). The lowest BCUT2D eigenvalue weighted by Crippen LogP contribution is -2.19. The fourth-order valence-corrected chi connectivity index (χ4v) is 3.71. The minimum Gasteiger partial charge on any atom is -0.463 e. The maximum Gasteiger partial charge on any atom is 0.328 e. The molecule has 1 atom stereocenters. The average Bonchev–Trinajstić information content (AvgIpc) is 3.37. The van der Waals surface area contributed by atoms with Crippen molar-refractivity contribution < 1.29 is 9.47 Å². The number of hydrogen-bond donors (Lipinski definition) is 1. The highest BCUT2D eigenvalue weighted by Crippen LogP contribution is 2.16. The third-order valence-electron chi connectivity index (χ3n) is 5.62. The van der Waals surface area contributed by atoms with Crippen molar-refractivity contribution in [2.45, 2.75) is 45.4 Å². The van der Waals surface area contributed by atoms with Crippen LogP contribution in [0, 0.1) is 0 Å². The van der Waals surface area contributed by atoms with Crippen molar-refractivity contribution in [3.63, 3.8) is 0 Å². The highest BCUT2D eigenvalue weighted by Gasteiger charge is 2.13. The predicted molar refractivity (Wildman–Crippen MR) is 115 cm³/mol. The fraction of sp³-hybridized carbons (Fsp3) is 0.500. The SMILES string of the molecule is COC(C)CCOc1ncc2[nH]c(=O)n(Cc3ccc(CN4CCCC4)cc3)c2n1. The molecule has 0 radical (unpaired) electrons. The highest BCUT2D eigenvalue weighted by molar-refractivity contribution is 5.69. The molecule has 1 aliphatic heterocycles. The number of imidazole rings is 1. The van der Waals surface area contributed by atoms with E-state index in [1.54, 1.807) is 17.9 Å². The number of benzene rings is 1. The molecule has 160 valence electrons. The van der Waals surface area contributed by atoms with Crippen LogP contribution >= 0.6 is 0 Å². The van der Waals surface area contributed by atoms with Crippen molar-refractivity contribution >= 4 is 11.2 Å². The summed E-state index contributed by atoms with van der Waals surface area (Å²) in [6.07, 6.45) is 5.02. The van der Waals surface area contributed by atoms with Gasteiger partial charge in [0.1, 0.15) is 5.52 Å². The summed E-state index contributed by atoms with van der Waals surface area (Å²) in [6, 6.07) is 8.73. The second-order valence-corrected chi connectivity index (χ2v) is 7.89. The Hall–Kier alpha value is -2.71. The molecule has 8 heteroatoms. The van der Waals surface area contributed by atoms with E-state index < -0.39 is 0 Å². The van der Waals surface area contributed by atoms with Gasteiger partial charge in [0.25, 0.3) is 0 Å². The Kier molecular flexibility index (Phi) is 6.44. The molecule has 3 aromatic rings. The molecule has 0 aliphatic carbocycles.